The van der Waals surface area contributed by atoms with E-state index in [0.29, 0.717) is 250 Å². The number of fused-ring (bicyclic) bond motifs is 18. The highest BCUT2D eigenvalue weighted by atomic mass is 19.2. The fraction of sp³-hybridized carbons (Fsp3) is 0.407. The van der Waals surface area contributed by atoms with Gasteiger partial charge >= 0.3 is 0 Å². The van der Waals surface area contributed by atoms with Crippen LogP contribution in [0.15, 0.2) is 170 Å². The molecule has 2 aliphatic heterocycles. The zero-order valence-electron chi connectivity index (χ0n) is 82.9. The minimum Gasteiger partial charge on any atom is -0.378 e. The Morgan fingerprint density at radius 3 is 1.02 bits per heavy atom. The SMILES string of the molecule is C[C@@H]1C2CCC(CC2)[C@H]1Nc1cc(-c2ccc(C(=O)N3CCOCC3)cc2)nc(-c2c[nH]c3c(F)cc(F)cc23)n1.C[C@H]1C2CCC(CC2)[C@@H]1Nc1cc(-c2ccc(C(=O)N3CCOCC3)cc2)nc(-c2c[nH]c3c(F)cc(F)cc23)n1.Cc1cccc2c(NC3C4CCC(CC4)C3C)nc(C3=CCc4c(F)cc(F)cc43)nc12.Cc1cccc2c(N[C@@H]3C4CCC(CC4)[C@H]3C)nc(C3=CCc4c(F)cc(F)cc43)nc12. The number of amides is 2. The second-order valence-corrected chi connectivity index (χ2v) is 42.9. The Kier molecular flexibility index (Phi) is 26.4. The molecule has 6 aromatic heterocycles. The summed E-state index contributed by atoms with van der Waals surface area (Å²) in [5.74, 6) is 7.86. The summed E-state index contributed by atoms with van der Waals surface area (Å²) in [6.45, 7) is 18.0. The number of hydrogen-bond acceptors (Lipinski definition) is 16. The molecule has 20 nitrogen and oxygen atoms in total. The van der Waals surface area contributed by atoms with Crippen LogP contribution in [-0.2, 0) is 22.3 Å². The lowest BCUT2D eigenvalue weighted by Gasteiger charge is -2.47. The molecule has 28 heteroatoms. The van der Waals surface area contributed by atoms with Gasteiger partial charge in [0.25, 0.3) is 11.8 Å². The molecule has 2 amide bonds. The summed E-state index contributed by atoms with van der Waals surface area (Å²) in [4.78, 5) is 74.5. The van der Waals surface area contributed by atoms with Gasteiger partial charge in [-0.3, -0.25) is 9.59 Å². The van der Waals surface area contributed by atoms with Crippen LogP contribution in [0.3, 0.4) is 0 Å². The van der Waals surface area contributed by atoms with Gasteiger partial charge in [-0.05, 0) is 294 Å². The predicted molar refractivity (Wildman–Crippen MR) is 554 cm³/mol. The number of H-pyrrole nitrogens is 2. The van der Waals surface area contributed by atoms with E-state index >= 15 is 0 Å². The van der Waals surface area contributed by atoms with Gasteiger partial charge in [-0.2, -0.15) is 0 Å². The van der Waals surface area contributed by atoms with E-state index in [1.807, 2.05) is 111 Å². The first kappa shape index (κ1) is 96.1. The summed E-state index contributed by atoms with van der Waals surface area (Å²) < 4.78 is 125. The van der Waals surface area contributed by atoms with E-state index in [4.69, 9.17) is 49.3 Å². The van der Waals surface area contributed by atoms with Gasteiger partial charge in [-0.25, -0.2) is 75.0 Å². The number of carbonyl (C=O) groups is 2. The van der Waals surface area contributed by atoms with Gasteiger partial charge in [-0.15, -0.1) is 0 Å². The van der Waals surface area contributed by atoms with Crippen molar-refractivity contribution >= 4 is 89.8 Å². The van der Waals surface area contributed by atoms with Crippen LogP contribution < -0.4 is 21.3 Å². The molecular weight excluding hydrogens is 1860 g/mol. The zero-order valence-corrected chi connectivity index (χ0v) is 82.9. The lowest BCUT2D eigenvalue weighted by molar-refractivity contribution is 0.0301. The third-order valence-electron chi connectivity index (χ3n) is 34.8. The lowest BCUT2D eigenvalue weighted by Crippen LogP contribution is -2.47. The molecule has 14 fully saturated rings. The van der Waals surface area contributed by atoms with Crippen molar-refractivity contribution in [2.24, 2.45) is 71.0 Å². The molecule has 30 rings (SSSR count). The van der Waals surface area contributed by atoms with Crippen LogP contribution >= 0.6 is 0 Å². The second kappa shape index (κ2) is 40.1. The summed E-state index contributed by atoms with van der Waals surface area (Å²) in [6.07, 6.45) is 28.4. The van der Waals surface area contributed by atoms with E-state index < -0.39 is 46.5 Å². The van der Waals surface area contributed by atoms with Crippen molar-refractivity contribution in [3.63, 3.8) is 0 Å². The first-order valence-electron chi connectivity index (χ1n) is 52.5. The van der Waals surface area contributed by atoms with Crippen molar-refractivity contribution in [1.82, 2.24) is 59.6 Å². The number of ether oxygens (including phenoxy) is 2. The number of aromatic amines is 2. The van der Waals surface area contributed by atoms with Crippen LogP contribution in [0.4, 0.5) is 58.4 Å². The van der Waals surface area contributed by atoms with E-state index in [1.54, 1.807) is 22.2 Å². The number of anilines is 4. The lowest BCUT2D eigenvalue weighted by atomic mass is 9.62. The van der Waals surface area contributed by atoms with Crippen molar-refractivity contribution in [3.8, 4) is 45.3 Å². The molecular formula is C118H120F8N16O4. The smallest absolute Gasteiger partial charge is 0.254 e. The van der Waals surface area contributed by atoms with Crippen LogP contribution in [0.25, 0.3) is 100 Å². The maximum Gasteiger partial charge on any atom is 0.254 e. The average Bonchev–Trinajstić information content (AvgIpc) is 1.43. The van der Waals surface area contributed by atoms with Crippen LogP contribution in [0.2, 0.25) is 0 Å². The third-order valence-corrected chi connectivity index (χ3v) is 34.8. The largest absolute Gasteiger partial charge is 0.378 e. The number of para-hydroxylation sites is 2. The Hall–Kier alpha value is -13.3. The molecule has 8 atom stereocenters. The quantitative estimate of drug-likeness (QED) is 0.0493. The predicted octanol–water partition coefficient (Wildman–Crippen LogP) is 25.4. The van der Waals surface area contributed by atoms with E-state index in [2.05, 4.69) is 71.1 Å². The number of nitrogens with zero attached hydrogens (tertiary/aromatic N) is 10. The van der Waals surface area contributed by atoms with E-state index in [0.717, 1.165) is 104 Å². The van der Waals surface area contributed by atoms with Crippen LogP contribution in [0.1, 0.15) is 196 Å². The number of aromatic nitrogens is 10. The Bertz CT molecular complexity index is 6990. The molecule has 14 aromatic rings. The Labute approximate surface area is 843 Å². The van der Waals surface area contributed by atoms with Crippen LogP contribution in [0.5, 0.6) is 0 Å². The molecule has 6 N–H and O–H groups in total. The molecule has 14 aliphatic carbocycles. The fourth-order valence-corrected chi connectivity index (χ4v) is 26.6. The number of hydrogen-bond donors (Lipinski definition) is 6. The Morgan fingerprint density at radius 1 is 0.342 bits per heavy atom. The van der Waals surface area contributed by atoms with Crippen molar-refractivity contribution in [2.75, 3.05) is 73.9 Å². The molecule has 0 spiro atoms. The molecule has 8 bridgehead atoms. The molecule has 2 unspecified atom stereocenters. The normalized spacial score (nSPS) is 25.1. The van der Waals surface area contributed by atoms with Gasteiger partial charge in [0.2, 0.25) is 0 Å². The van der Waals surface area contributed by atoms with Crippen molar-refractivity contribution in [3.05, 3.63) is 273 Å². The fourth-order valence-electron chi connectivity index (χ4n) is 26.6. The van der Waals surface area contributed by atoms with Gasteiger partial charge in [0.05, 0.1) is 59.9 Å². The van der Waals surface area contributed by atoms with Crippen molar-refractivity contribution < 1.29 is 54.2 Å². The van der Waals surface area contributed by atoms with E-state index in [-0.39, 0.29) is 22.8 Å². The summed E-state index contributed by atoms with van der Waals surface area (Å²) in [5, 5.41) is 17.9. The van der Waals surface area contributed by atoms with Crippen LogP contribution in [-0.4, -0.2) is 148 Å². The molecule has 146 heavy (non-hydrogen) atoms. The van der Waals surface area contributed by atoms with E-state index in [9.17, 15) is 44.7 Å². The molecule has 8 heterocycles. The van der Waals surface area contributed by atoms with Gasteiger partial charge in [0.15, 0.2) is 23.3 Å². The molecule has 2 saturated heterocycles. The minimum atomic E-state index is -0.659. The maximum atomic E-state index is 14.5. The van der Waals surface area contributed by atoms with Crippen molar-refractivity contribution in [2.45, 2.75) is 181 Å². The van der Waals surface area contributed by atoms with Gasteiger partial charge in [0.1, 0.15) is 69.8 Å². The molecule has 12 saturated carbocycles. The molecule has 752 valence electrons. The first-order chi connectivity index (χ1) is 70.9. The number of allylic oxidation sites excluding steroid dienone is 2. The first-order valence-corrected chi connectivity index (χ1v) is 52.5. The standard InChI is InChI=1S/2C32H33F2N5O2.2C27H27F2N3/c2*1-18-19-2-6-21(7-3-19)29(18)37-28-16-27(20-4-8-22(9-5-20)32(40)39-10-12-41-13-11-39)36-31(38-28)25-17-35-30-24(25)14-23(33)15-26(30)34;2*1-14-4-3-5-21-24(14)30-26(20-11-10-19-22(20)12-18(28)13-23(19)29)32-27(21)31-25-15(2)16-6-8-17(25)9-7-16/h2*4-5,8-9,14-19,21,29,35H,2-3,6-7,10-13H2,1H3,(H,36,37,38);2*3-5,11-13,15-17,25H,6-10H2,1-2H3,(H,30,31,32)/t2*18-,19?,21?,29+;15-,16?,17?,25+;/m101./s1. The Morgan fingerprint density at radius 2 is 0.671 bits per heavy atom. The number of benzene rings is 8. The molecule has 0 radical (unpaired) electrons. The Balaban J connectivity index is 0.000000108. The number of rotatable bonds is 16. The molecule has 16 aliphatic rings. The van der Waals surface area contributed by atoms with Crippen molar-refractivity contribution in [1.29, 1.82) is 0 Å². The van der Waals surface area contributed by atoms with Crippen LogP contribution in [0, 0.1) is 131 Å². The molecule has 8 aromatic carbocycles. The van der Waals surface area contributed by atoms with E-state index in [1.165, 1.54) is 127 Å². The highest BCUT2D eigenvalue weighted by Gasteiger charge is 2.47. The van der Waals surface area contributed by atoms with Gasteiger partial charge in [0, 0.05) is 165 Å². The highest BCUT2D eigenvalue weighted by Crippen LogP contribution is 2.52. The average molecular weight is 1980 g/mol. The summed E-state index contributed by atoms with van der Waals surface area (Å²) in [5.41, 5.74) is 13.2. The number of carbonyl (C=O) groups excluding carboxylic acids is 2. The zero-order chi connectivity index (χ0) is 100. The second-order valence-electron chi connectivity index (χ2n) is 42.9. The number of halogens is 8. The number of morpholine rings is 2. The van der Waals surface area contributed by atoms with Gasteiger partial charge < -0.3 is 50.5 Å². The topological polar surface area (TPSA) is 242 Å². The summed E-state index contributed by atoms with van der Waals surface area (Å²) >= 11 is 0. The summed E-state index contributed by atoms with van der Waals surface area (Å²) in [7, 11) is 0. The highest BCUT2D eigenvalue weighted by molar-refractivity contribution is 6.00. The summed E-state index contributed by atoms with van der Waals surface area (Å²) in [6, 6.07) is 41.5. The number of aryl methyl sites for hydroxylation is 2. The third kappa shape index (κ3) is 18.7. The van der Waals surface area contributed by atoms with Gasteiger partial charge in [-0.1, -0.05) is 88.4 Å². The maximum absolute atomic E-state index is 14.5. The minimum absolute atomic E-state index is 0.0187. The monoisotopic (exact) mass is 1980 g/mol. The number of nitrogens with one attached hydrogen (secondary N) is 6.